The number of hydrogen-bond donors (Lipinski definition) is 1. The number of methoxy groups -OCH3 is 2. The Morgan fingerprint density at radius 1 is 1.20 bits per heavy atom. The third-order valence-corrected chi connectivity index (χ3v) is 3.77. The number of nitrogens with zero attached hydrogens (tertiary/aromatic N) is 1. The van der Waals surface area contributed by atoms with Crippen LogP contribution < -0.4 is 9.47 Å². The normalized spacial score (nSPS) is 14.2. The Bertz CT molecular complexity index is 409. The van der Waals surface area contributed by atoms with Gasteiger partial charge in [-0.05, 0) is 44.6 Å². The number of ether oxygens (including phenoxy) is 2. The molecule has 2 unspecified atom stereocenters. The third kappa shape index (κ3) is 4.12. The first kappa shape index (κ1) is 16.8. The quantitative estimate of drug-likeness (QED) is 0.795. The Morgan fingerprint density at radius 2 is 1.85 bits per heavy atom. The zero-order valence-electron chi connectivity index (χ0n) is 13.2. The minimum Gasteiger partial charge on any atom is -0.493 e. The molecular weight excluding hydrogens is 254 g/mol. The highest BCUT2D eigenvalue weighted by Gasteiger charge is 2.21. The summed E-state index contributed by atoms with van der Waals surface area (Å²) in [6.45, 7) is 5.20. The number of unbranched alkanes of at least 4 members (excludes halogenated alkanes) is 1. The maximum atomic E-state index is 10.5. The van der Waals surface area contributed by atoms with Crippen LogP contribution in [-0.4, -0.2) is 43.9 Å². The minimum absolute atomic E-state index is 0.0552. The average molecular weight is 281 g/mol. The van der Waals surface area contributed by atoms with E-state index in [9.17, 15) is 5.11 Å². The second-order valence-electron chi connectivity index (χ2n) is 5.13. The lowest BCUT2D eigenvalue weighted by molar-refractivity contribution is 0.0717. The lowest BCUT2D eigenvalue weighted by Gasteiger charge is -2.29. The van der Waals surface area contributed by atoms with Gasteiger partial charge in [-0.1, -0.05) is 19.4 Å². The van der Waals surface area contributed by atoms with Gasteiger partial charge < -0.3 is 19.5 Å². The number of likely N-dealkylation sites (N-methyl/N-ethyl adjacent to an activating group) is 1. The first-order chi connectivity index (χ1) is 9.54. The molecular formula is C16H27NO3. The van der Waals surface area contributed by atoms with Crippen LogP contribution in [-0.2, 0) is 0 Å². The van der Waals surface area contributed by atoms with Crippen molar-refractivity contribution in [2.45, 2.75) is 38.8 Å². The van der Waals surface area contributed by atoms with Crippen molar-refractivity contribution in [1.29, 1.82) is 0 Å². The summed E-state index contributed by atoms with van der Waals surface area (Å²) in [5.41, 5.74) is 0.846. The summed E-state index contributed by atoms with van der Waals surface area (Å²) in [5, 5.41) is 10.5. The highest BCUT2D eigenvalue weighted by atomic mass is 16.5. The van der Waals surface area contributed by atoms with Crippen molar-refractivity contribution in [2.24, 2.45) is 0 Å². The van der Waals surface area contributed by atoms with Crippen molar-refractivity contribution in [2.75, 3.05) is 27.8 Å². The number of rotatable bonds is 8. The Kier molecular flexibility index (Phi) is 6.82. The maximum absolute atomic E-state index is 10.5. The van der Waals surface area contributed by atoms with E-state index in [4.69, 9.17) is 9.47 Å². The molecule has 1 aromatic rings. The first-order valence-electron chi connectivity index (χ1n) is 7.15. The molecule has 0 aliphatic rings. The molecule has 1 N–H and O–H groups in total. The molecule has 0 bridgehead atoms. The zero-order chi connectivity index (χ0) is 15.1. The van der Waals surface area contributed by atoms with Crippen LogP contribution in [0.3, 0.4) is 0 Å². The van der Waals surface area contributed by atoms with Crippen LogP contribution >= 0.6 is 0 Å². The maximum Gasteiger partial charge on any atom is 0.161 e. The summed E-state index contributed by atoms with van der Waals surface area (Å²) in [4.78, 5) is 2.19. The van der Waals surface area contributed by atoms with Crippen LogP contribution in [0.4, 0.5) is 0 Å². The molecule has 4 heteroatoms. The molecule has 0 saturated carbocycles. The molecule has 4 nitrogen and oxygen atoms in total. The van der Waals surface area contributed by atoms with E-state index in [1.54, 1.807) is 14.2 Å². The van der Waals surface area contributed by atoms with Crippen LogP contribution in [0.25, 0.3) is 0 Å². The first-order valence-corrected chi connectivity index (χ1v) is 7.15. The van der Waals surface area contributed by atoms with Crippen molar-refractivity contribution >= 4 is 0 Å². The Morgan fingerprint density at radius 3 is 2.40 bits per heavy atom. The van der Waals surface area contributed by atoms with Gasteiger partial charge in [0.25, 0.3) is 0 Å². The van der Waals surface area contributed by atoms with Gasteiger partial charge in [-0.3, -0.25) is 0 Å². The molecule has 0 aromatic heterocycles. The van der Waals surface area contributed by atoms with E-state index < -0.39 is 6.10 Å². The Hall–Kier alpha value is -1.26. The van der Waals surface area contributed by atoms with Gasteiger partial charge >= 0.3 is 0 Å². The highest BCUT2D eigenvalue weighted by Crippen LogP contribution is 2.31. The average Bonchev–Trinajstić information content (AvgIpc) is 2.50. The van der Waals surface area contributed by atoms with Crippen molar-refractivity contribution in [3.05, 3.63) is 23.8 Å². The minimum atomic E-state index is -0.545. The van der Waals surface area contributed by atoms with E-state index in [1.807, 2.05) is 32.2 Å². The molecule has 0 fully saturated rings. The van der Waals surface area contributed by atoms with Crippen molar-refractivity contribution < 1.29 is 14.6 Å². The molecule has 1 aromatic carbocycles. The summed E-state index contributed by atoms with van der Waals surface area (Å²) in [6, 6.07) is 5.61. The van der Waals surface area contributed by atoms with E-state index >= 15 is 0 Å². The lowest BCUT2D eigenvalue weighted by Crippen LogP contribution is -2.35. The monoisotopic (exact) mass is 281 g/mol. The van der Waals surface area contributed by atoms with Gasteiger partial charge in [0.2, 0.25) is 0 Å². The van der Waals surface area contributed by atoms with E-state index in [-0.39, 0.29) is 6.04 Å². The summed E-state index contributed by atoms with van der Waals surface area (Å²) in [5.74, 6) is 1.32. The number of aliphatic hydroxyl groups is 1. The van der Waals surface area contributed by atoms with Crippen LogP contribution in [0.5, 0.6) is 11.5 Å². The molecule has 0 aliphatic heterocycles. The molecule has 0 radical (unpaired) electrons. The second-order valence-corrected chi connectivity index (χ2v) is 5.13. The SMILES string of the molecule is CCCCN(C)C(C)C(O)c1ccc(OC)c(OC)c1. The topological polar surface area (TPSA) is 41.9 Å². The number of aliphatic hydroxyl groups excluding tert-OH is 1. The van der Waals surface area contributed by atoms with E-state index in [1.165, 1.54) is 0 Å². The second kappa shape index (κ2) is 8.12. The van der Waals surface area contributed by atoms with Gasteiger partial charge in [-0.15, -0.1) is 0 Å². The van der Waals surface area contributed by atoms with Crippen molar-refractivity contribution in [3.8, 4) is 11.5 Å². The van der Waals surface area contributed by atoms with Gasteiger partial charge in [0.05, 0.1) is 20.3 Å². The fraction of sp³-hybridized carbons (Fsp3) is 0.625. The van der Waals surface area contributed by atoms with E-state index in [0.717, 1.165) is 24.9 Å². The van der Waals surface area contributed by atoms with E-state index in [2.05, 4.69) is 11.8 Å². The summed E-state index contributed by atoms with van der Waals surface area (Å²) in [6.07, 6.45) is 1.75. The molecule has 20 heavy (non-hydrogen) atoms. The lowest BCUT2D eigenvalue weighted by atomic mass is 10.0. The third-order valence-electron chi connectivity index (χ3n) is 3.77. The summed E-state index contributed by atoms with van der Waals surface area (Å²) >= 11 is 0. The van der Waals surface area contributed by atoms with Gasteiger partial charge in [-0.2, -0.15) is 0 Å². The smallest absolute Gasteiger partial charge is 0.161 e. The zero-order valence-corrected chi connectivity index (χ0v) is 13.2. The van der Waals surface area contributed by atoms with Gasteiger partial charge in [0.15, 0.2) is 11.5 Å². The number of hydrogen-bond acceptors (Lipinski definition) is 4. The van der Waals surface area contributed by atoms with E-state index in [0.29, 0.717) is 11.5 Å². The summed E-state index contributed by atoms with van der Waals surface area (Å²) < 4.78 is 10.5. The van der Waals surface area contributed by atoms with Crippen LogP contribution in [0.15, 0.2) is 18.2 Å². The molecule has 0 aliphatic carbocycles. The van der Waals surface area contributed by atoms with Gasteiger partial charge in [-0.25, -0.2) is 0 Å². The Labute approximate surface area is 122 Å². The Balaban J connectivity index is 2.82. The predicted molar refractivity (Wildman–Crippen MR) is 81.5 cm³/mol. The highest BCUT2D eigenvalue weighted by molar-refractivity contribution is 5.43. The molecule has 0 heterocycles. The number of benzene rings is 1. The van der Waals surface area contributed by atoms with Crippen LogP contribution in [0.2, 0.25) is 0 Å². The largest absolute Gasteiger partial charge is 0.493 e. The summed E-state index contributed by atoms with van der Waals surface area (Å²) in [7, 11) is 5.25. The predicted octanol–water partition coefficient (Wildman–Crippen LogP) is 2.86. The molecule has 114 valence electrons. The molecule has 2 atom stereocenters. The molecule has 1 rings (SSSR count). The van der Waals surface area contributed by atoms with Gasteiger partial charge in [0, 0.05) is 6.04 Å². The molecule has 0 amide bonds. The standard InChI is InChI=1S/C16H27NO3/c1-6-7-10-17(3)12(2)16(18)13-8-9-14(19-4)15(11-13)20-5/h8-9,11-12,16,18H,6-7,10H2,1-5H3. The fourth-order valence-corrected chi connectivity index (χ4v) is 2.17. The van der Waals surface area contributed by atoms with Crippen molar-refractivity contribution in [1.82, 2.24) is 4.90 Å². The fourth-order valence-electron chi connectivity index (χ4n) is 2.17. The van der Waals surface area contributed by atoms with Gasteiger partial charge in [0.1, 0.15) is 0 Å². The van der Waals surface area contributed by atoms with Crippen LogP contribution in [0.1, 0.15) is 38.4 Å². The molecule has 0 spiro atoms. The molecule has 0 saturated heterocycles. The van der Waals surface area contributed by atoms with Crippen LogP contribution in [0, 0.1) is 0 Å². The van der Waals surface area contributed by atoms with Crippen molar-refractivity contribution in [3.63, 3.8) is 0 Å².